The Balaban J connectivity index is 1.72. The molecule has 1 aliphatic rings. The highest BCUT2D eigenvalue weighted by atomic mass is 31.2. The summed E-state index contributed by atoms with van der Waals surface area (Å²) in [4.78, 5) is 28.5. The van der Waals surface area contributed by atoms with Gasteiger partial charge in [-0.1, -0.05) is 39.0 Å². The number of rotatable bonds is 12. The smallest absolute Gasteiger partial charge is 0.459 e. The highest BCUT2D eigenvalue weighted by Gasteiger charge is 2.38. The molecule has 1 aliphatic heterocycles. The molecule has 1 aromatic heterocycles. The summed E-state index contributed by atoms with van der Waals surface area (Å²) in [5, 5.41) is 2.74. The Bertz CT molecular complexity index is 1110. The second-order valence-electron chi connectivity index (χ2n) is 8.60. The molecule has 1 fully saturated rings. The summed E-state index contributed by atoms with van der Waals surface area (Å²) >= 11 is 0. The van der Waals surface area contributed by atoms with Gasteiger partial charge in [-0.05, 0) is 37.5 Å². The van der Waals surface area contributed by atoms with Crippen molar-refractivity contribution in [3.8, 4) is 5.75 Å². The number of benzene rings is 1. The fraction of sp³-hybridized carbons (Fsp3) is 0.522. The molecule has 2 heterocycles. The molecule has 1 aromatic carbocycles. The van der Waals surface area contributed by atoms with E-state index in [1.165, 1.54) is 16.8 Å². The molecule has 1 saturated heterocycles. The van der Waals surface area contributed by atoms with E-state index in [1.807, 2.05) is 6.92 Å². The van der Waals surface area contributed by atoms with E-state index in [0.29, 0.717) is 6.42 Å². The molecule has 0 aliphatic carbocycles. The maximum atomic E-state index is 13.8. The highest BCUT2D eigenvalue weighted by molar-refractivity contribution is 7.52. The third-order valence-electron chi connectivity index (χ3n) is 5.35. The Morgan fingerprint density at radius 3 is 2.64 bits per heavy atom. The summed E-state index contributed by atoms with van der Waals surface area (Å²) in [6.45, 7) is 6.97. The Morgan fingerprint density at radius 1 is 1.28 bits per heavy atom. The Labute approximate surface area is 209 Å². The number of nitrogens with one attached hydrogen (secondary N) is 1. The van der Waals surface area contributed by atoms with Crippen LogP contribution in [0.25, 0.3) is 0 Å². The van der Waals surface area contributed by atoms with Gasteiger partial charge in [-0.2, -0.15) is 10.1 Å². The Morgan fingerprint density at radius 2 is 2.00 bits per heavy atom. The predicted octanol–water partition coefficient (Wildman–Crippen LogP) is 2.86. The number of nitrogens with zero attached hydrogens (tertiary/aromatic N) is 2. The van der Waals surface area contributed by atoms with Crippen LogP contribution in [0.3, 0.4) is 0 Å². The molecule has 1 unspecified atom stereocenters. The van der Waals surface area contributed by atoms with Crippen molar-refractivity contribution in [2.45, 2.75) is 58.8 Å². The number of nitrogen functional groups attached to an aromatic ring is 1. The van der Waals surface area contributed by atoms with E-state index in [-0.39, 0.29) is 36.8 Å². The molecule has 0 bridgehead atoms. The second kappa shape index (κ2) is 12.5. The number of anilines is 1. The number of hydrogen-bond acceptors (Lipinski definition) is 10. The third-order valence-corrected chi connectivity index (χ3v) is 6.89. The number of carbonyl (C=O) groups is 1. The normalized spacial score (nSPS) is 21.0. The molecule has 2 aromatic rings. The number of aromatic nitrogens is 2. The van der Waals surface area contributed by atoms with Crippen LogP contribution in [-0.2, 0) is 28.1 Å². The van der Waals surface area contributed by atoms with Crippen LogP contribution in [-0.4, -0.2) is 47.2 Å². The average molecular weight is 525 g/mol. The van der Waals surface area contributed by atoms with Crippen LogP contribution < -0.4 is 21.0 Å². The van der Waals surface area contributed by atoms with Crippen molar-refractivity contribution in [2.75, 3.05) is 18.9 Å². The molecule has 0 radical (unpaired) electrons. The number of nitrogens with two attached hydrogens (primary N) is 1. The van der Waals surface area contributed by atoms with Gasteiger partial charge in [0.2, 0.25) is 0 Å². The van der Waals surface area contributed by atoms with Gasteiger partial charge in [0.15, 0.2) is 12.5 Å². The number of ether oxygens (including phenoxy) is 3. The predicted molar refractivity (Wildman–Crippen MR) is 131 cm³/mol. The number of carbonyl (C=O) groups excluding carboxylic acids is 1. The minimum Gasteiger partial charge on any atom is -0.462 e. The van der Waals surface area contributed by atoms with Crippen molar-refractivity contribution in [3.63, 3.8) is 0 Å². The summed E-state index contributed by atoms with van der Waals surface area (Å²) in [6, 6.07) is 8.92. The summed E-state index contributed by atoms with van der Waals surface area (Å²) in [5.74, 6) is -0.488. The van der Waals surface area contributed by atoms with Crippen molar-refractivity contribution in [1.82, 2.24) is 14.6 Å². The monoisotopic (exact) mass is 524 g/mol. The first-order chi connectivity index (χ1) is 17.1. The van der Waals surface area contributed by atoms with Crippen molar-refractivity contribution in [3.05, 3.63) is 53.1 Å². The van der Waals surface area contributed by atoms with Gasteiger partial charge in [-0.15, -0.1) is 0 Å². The highest BCUT2D eigenvalue weighted by Crippen LogP contribution is 2.46. The first kappa shape index (κ1) is 27.8. The van der Waals surface area contributed by atoms with E-state index in [2.05, 4.69) is 10.1 Å². The molecule has 13 heteroatoms. The SMILES string of the molecule is CC[C@@H](C)OC(=O)[C@@H](NP(=O)(OC[C@H]1OC[C@@H](n2ccc(N)nc2=O)O1)Oc1ccccc1)C(C)C. The van der Waals surface area contributed by atoms with Crippen LogP contribution in [0.1, 0.15) is 40.3 Å². The zero-order valence-corrected chi connectivity index (χ0v) is 21.6. The fourth-order valence-corrected chi connectivity index (χ4v) is 4.83. The summed E-state index contributed by atoms with van der Waals surface area (Å²) in [6.07, 6.45) is 0.0478. The van der Waals surface area contributed by atoms with Crippen LogP contribution in [0.2, 0.25) is 0 Å². The van der Waals surface area contributed by atoms with Gasteiger partial charge in [0, 0.05) is 6.20 Å². The molecule has 36 heavy (non-hydrogen) atoms. The van der Waals surface area contributed by atoms with Gasteiger partial charge >= 0.3 is 19.4 Å². The molecule has 5 atom stereocenters. The van der Waals surface area contributed by atoms with Gasteiger partial charge in [0.25, 0.3) is 0 Å². The van der Waals surface area contributed by atoms with Crippen molar-refractivity contribution in [2.24, 2.45) is 5.92 Å². The molecular formula is C23H33N4O8P. The van der Waals surface area contributed by atoms with Crippen molar-refractivity contribution >= 4 is 19.5 Å². The largest absolute Gasteiger partial charge is 0.462 e. The minimum absolute atomic E-state index is 0.0344. The summed E-state index contributed by atoms with van der Waals surface area (Å²) in [7, 11) is -4.13. The summed E-state index contributed by atoms with van der Waals surface area (Å²) < 4.78 is 43.1. The molecule has 198 valence electrons. The number of esters is 1. The van der Waals surface area contributed by atoms with E-state index >= 15 is 0 Å². The van der Waals surface area contributed by atoms with Gasteiger partial charge in [-0.3, -0.25) is 13.9 Å². The maximum Gasteiger partial charge on any atom is 0.459 e. The molecule has 3 rings (SSSR count). The van der Waals surface area contributed by atoms with Gasteiger partial charge in [0.1, 0.15) is 24.2 Å². The Hall–Kier alpha value is -2.76. The Kier molecular flexibility index (Phi) is 9.63. The van der Waals surface area contributed by atoms with E-state index in [4.69, 9.17) is 29.0 Å². The van der Waals surface area contributed by atoms with Gasteiger partial charge < -0.3 is 24.5 Å². The number of hydrogen-bond donors (Lipinski definition) is 2. The quantitative estimate of drug-likeness (QED) is 0.311. The lowest BCUT2D eigenvalue weighted by atomic mass is 10.1. The first-order valence-corrected chi connectivity index (χ1v) is 13.2. The zero-order valence-electron chi connectivity index (χ0n) is 20.7. The van der Waals surface area contributed by atoms with Crippen molar-refractivity contribution in [1.29, 1.82) is 0 Å². The summed E-state index contributed by atoms with van der Waals surface area (Å²) in [5.41, 5.74) is 4.93. The van der Waals surface area contributed by atoms with Crippen LogP contribution in [0.5, 0.6) is 5.75 Å². The molecule has 0 spiro atoms. The lowest BCUT2D eigenvalue weighted by molar-refractivity contribution is -0.151. The third kappa shape index (κ3) is 7.62. The maximum absolute atomic E-state index is 13.8. The molecular weight excluding hydrogens is 491 g/mol. The van der Waals surface area contributed by atoms with Crippen LogP contribution >= 0.6 is 7.75 Å². The van der Waals surface area contributed by atoms with E-state index in [1.54, 1.807) is 51.1 Å². The minimum atomic E-state index is -4.13. The topological polar surface area (TPSA) is 153 Å². The van der Waals surface area contributed by atoms with Gasteiger partial charge in [-0.25, -0.2) is 9.36 Å². The molecule has 3 N–H and O–H groups in total. The second-order valence-corrected chi connectivity index (χ2v) is 10.3. The van der Waals surface area contributed by atoms with E-state index in [0.717, 1.165) is 0 Å². The number of para-hydroxylation sites is 1. The molecule has 0 amide bonds. The lowest BCUT2D eigenvalue weighted by Gasteiger charge is -2.28. The zero-order chi connectivity index (χ0) is 26.3. The van der Waals surface area contributed by atoms with Crippen molar-refractivity contribution < 1.29 is 32.6 Å². The lowest BCUT2D eigenvalue weighted by Crippen LogP contribution is -2.43. The fourth-order valence-electron chi connectivity index (χ4n) is 3.19. The van der Waals surface area contributed by atoms with Crippen LogP contribution in [0, 0.1) is 5.92 Å². The standard InChI is InChI=1S/C23H33N4O8P/c1-5-16(4)33-22(28)21(15(2)3)26-36(30,35-17-9-7-6-8-10-17)32-14-20-31-13-19(34-20)27-12-11-18(24)25-23(27)29/h6-12,15-16,19-21H,5,13-14H2,1-4H3,(H,26,30)(H2,24,25,29)/t16-,19+,20+,21+,36?/m1/s1. The average Bonchev–Trinajstić information content (AvgIpc) is 3.30. The van der Waals surface area contributed by atoms with Crippen LogP contribution in [0.4, 0.5) is 5.82 Å². The van der Waals surface area contributed by atoms with Crippen LogP contribution in [0.15, 0.2) is 47.4 Å². The van der Waals surface area contributed by atoms with Gasteiger partial charge in [0.05, 0.1) is 12.7 Å². The van der Waals surface area contributed by atoms with E-state index < -0.39 is 38.0 Å². The molecule has 0 saturated carbocycles. The molecule has 12 nitrogen and oxygen atoms in total. The first-order valence-electron chi connectivity index (χ1n) is 11.7. The van der Waals surface area contributed by atoms with E-state index in [9.17, 15) is 14.2 Å².